The molecule has 0 aromatic heterocycles. The largest absolute Gasteiger partial charge is 0.384 e. The van der Waals surface area contributed by atoms with E-state index < -0.39 is 0 Å². The van der Waals surface area contributed by atoms with Gasteiger partial charge in [-0.1, -0.05) is 44.7 Å². The van der Waals surface area contributed by atoms with E-state index in [2.05, 4.69) is 17.2 Å². The minimum Gasteiger partial charge on any atom is -0.384 e. The molecule has 0 radical (unpaired) electrons. The van der Waals surface area contributed by atoms with Crippen LogP contribution in [-0.4, -0.2) is 17.6 Å². The molecule has 0 spiro atoms. The van der Waals surface area contributed by atoms with Crippen LogP contribution in [0.15, 0.2) is 24.3 Å². The zero-order chi connectivity index (χ0) is 15.2. The maximum Gasteiger partial charge on any atom is 0.220 e. The highest BCUT2D eigenvalue weighted by Crippen LogP contribution is 2.19. The van der Waals surface area contributed by atoms with E-state index in [1.807, 2.05) is 52.0 Å². The van der Waals surface area contributed by atoms with Gasteiger partial charge in [0.2, 0.25) is 5.91 Å². The van der Waals surface area contributed by atoms with Crippen molar-refractivity contribution in [2.24, 2.45) is 5.41 Å². The van der Waals surface area contributed by atoms with Crippen molar-refractivity contribution in [3.8, 4) is 11.8 Å². The van der Waals surface area contributed by atoms with Crippen LogP contribution in [-0.2, 0) is 4.79 Å². The van der Waals surface area contributed by atoms with Crippen LogP contribution >= 0.6 is 0 Å². The molecule has 2 N–H and O–H groups in total. The van der Waals surface area contributed by atoms with Crippen molar-refractivity contribution in [2.75, 3.05) is 6.61 Å². The van der Waals surface area contributed by atoms with E-state index >= 15 is 0 Å². The van der Waals surface area contributed by atoms with E-state index in [4.69, 9.17) is 5.11 Å². The van der Waals surface area contributed by atoms with E-state index in [0.29, 0.717) is 6.42 Å². The molecule has 1 atom stereocenters. The second-order valence-electron chi connectivity index (χ2n) is 6.11. The first-order valence-corrected chi connectivity index (χ1v) is 6.81. The third kappa shape index (κ3) is 5.90. The number of nitrogens with one attached hydrogen (secondary N) is 1. The number of hydrogen-bond donors (Lipinski definition) is 2. The fraction of sp³-hybridized carbons (Fsp3) is 0.471. The van der Waals surface area contributed by atoms with Gasteiger partial charge in [0.05, 0.1) is 6.04 Å². The van der Waals surface area contributed by atoms with Crippen molar-refractivity contribution in [3.63, 3.8) is 0 Å². The van der Waals surface area contributed by atoms with E-state index in [-0.39, 0.29) is 24.0 Å². The summed E-state index contributed by atoms with van der Waals surface area (Å²) in [5, 5.41) is 11.6. The molecular formula is C17H23NO2. The Morgan fingerprint density at radius 2 is 1.90 bits per heavy atom. The summed E-state index contributed by atoms with van der Waals surface area (Å²) in [5.74, 6) is 5.52. The van der Waals surface area contributed by atoms with Gasteiger partial charge in [0.25, 0.3) is 0 Å². The van der Waals surface area contributed by atoms with Gasteiger partial charge in [0, 0.05) is 12.0 Å². The first-order valence-electron chi connectivity index (χ1n) is 6.81. The van der Waals surface area contributed by atoms with Gasteiger partial charge in [-0.2, -0.15) is 0 Å². The highest BCUT2D eigenvalue weighted by molar-refractivity contribution is 5.77. The summed E-state index contributed by atoms with van der Waals surface area (Å²) >= 11 is 0. The summed E-state index contributed by atoms with van der Waals surface area (Å²) < 4.78 is 0. The number of carbonyl (C=O) groups is 1. The lowest BCUT2D eigenvalue weighted by atomic mass is 9.91. The van der Waals surface area contributed by atoms with Gasteiger partial charge in [0.1, 0.15) is 6.61 Å². The molecule has 0 aliphatic heterocycles. The van der Waals surface area contributed by atoms with Crippen LogP contribution in [0.3, 0.4) is 0 Å². The molecule has 0 bridgehead atoms. The zero-order valence-corrected chi connectivity index (χ0v) is 12.7. The summed E-state index contributed by atoms with van der Waals surface area (Å²) in [5.41, 5.74) is 1.89. The molecule has 3 heteroatoms. The molecular weight excluding hydrogens is 250 g/mol. The number of benzene rings is 1. The normalized spacial score (nSPS) is 12.2. The van der Waals surface area contributed by atoms with Gasteiger partial charge < -0.3 is 10.4 Å². The van der Waals surface area contributed by atoms with Crippen LogP contribution in [0.1, 0.15) is 51.3 Å². The molecule has 1 rings (SSSR count). The van der Waals surface area contributed by atoms with Crippen molar-refractivity contribution >= 4 is 5.91 Å². The Morgan fingerprint density at radius 1 is 1.30 bits per heavy atom. The highest BCUT2D eigenvalue weighted by atomic mass is 16.2. The predicted octanol–water partition coefficient (Wildman–Crippen LogP) is 2.64. The van der Waals surface area contributed by atoms with Gasteiger partial charge in [-0.05, 0) is 30.0 Å². The summed E-state index contributed by atoms with van der Waals surface area (Å²) in [6, 6.07) is 7.66. The molecule has 0 saturated carbocycles. The monoisotopic (exact) mass is 273 g/mol. The minimum atomic E-state index is -0.138. The van der Waals surface area contributed by atoms with Crippen molar-refractivity contribution in [3.05, 3.63) is 35.4 Å². The number of rotatable bonds is 3. The minimum absolute atomic E-state index is 0.00640. The molecule has 0 heterocycles. The summed E-state index contributed by atoms with van der Waals surface area (Å²) in [7, 11) is 0. The molecule has 0 saturated heterocycles. The number of aliphatic hydroxyl groups excluding tert-OH is 1. The Bertz CT molecular complexity index is 501. The van der Waals surface area contributed by atoms with Crippen LogP contribution in [0, 0.1) is 17.3 Å². The smallest absolute Gasteiger partial charge is 0.220 e. The quantitative estimate of drug-likeness (QED) is 0.832. The third-order valence-corrected chi connectivity index (χ3v) is 2.79. The Morgan fingerprint density at radius 3 is 2.40 bits per heavy atom. The van der Waals surface area contributed by atoms with Crippen LogP contribution < -0.4 is 5.32 Å². The standard InChI is InChI=1S/C17H23NO2/c1-13(18-16(20)12-17(2,3)4)15-9-7-14(8-10-15)6-5-11-19/h7-10,13,19H,11-12H2,1-4H3,(H,18,20). The Hall–Kier alpha value is -1.79. The summed E-state index contributed by atoms with van der Waals surface area (Å²) in [4.78, 5) is 11.9. The Labute approximate surface area is 121 Å². The van der Waals surface area contributed by atoms with Gasteiger partial charge in [-0.15, -0.1) is 0 Å². The maximum absolute atomic E-state index is 11.9. The zero-order valence-electron chi connectivity index (χ0n) is 12.7. The molecule has 0 fully saturated rings. The Kier molecular flexibility index (Phi) is 5.79. The van der Waals surface area contributed by atoms with Crippen molar-refractivity contribution in [1.82, 2.24) is 5.32 Å². The van der Waals surface area contributed by atoms with Crippen molar-refractivity contribution in [1.29, 1.82) is 0 Å². The fourth-order valence-electron chi connectivity index (χ4n) is 1.85. The second kappa shape index (κ2) is 7.12. The number of aliphatic hydroxyl groups is 1. The summed E-state index contributed by atoms with van der Waals surface area (Å²) in [6.45, 7) is 7.97. The molecule has 1 aromatic carbocycles. The second-order valence-corrected chi connectivity index (χ2v) is 6.11. The van der Waals surface area contributed by atoms with Crippen molar-refractivity contribution in [2.45, 2.75) is 40.2 Å². The van der Waals surface area contributed by atoms with E-state index in [9.17, 15) is 4.79 Å². The van der Waals surface area contributed by atoms with Gasteiger partial charge in [-0.3, -0.25) is 4.79 Å². The first-order chi connectivity index (χ1) is 9.31. The molecule has 3 nitrogen and oxygen atoms in total. The molecule has 20 heavy (non-hydrogen) atoms. The topological polar surface area (TPSA) is 49.3 Å². The van der Waals surface area contributed by atoms with E-state index in [1.54, 1.807) is 0 Å². The molecule has 1 amide bonds. The van der Waals surface area contributed by atoms with Crippen LogP contribution in [0.5, 0.6) is 0 Å². The van der Waals surface area contributed by atoms with Crippen LogP contribution in [0.2, 0.25) is 0 Å². The summed E-state index contributed by atoms with van der Waals surface area (Å²) in [6.07, 6.45) is 0.511. The molecule has 0 aliphatic rings. The van der Waals surface area contributed by atoms with Crippen LogP contribution in [0.4, 0.5) is 0 Å². The number of amides is 1. The van der Waals surface area contributed by atoms with Crippen molar-refractivity contribution < 1.29 is 9.90 Å². The lowest BCUT2D eigenvalue weighted by Crippen LogP contribution is -2.29. The predicted molar refractivity (Wildman–Crippen MR) is 81.0 cm³/mol. The van der Waals surface area contributed by atoms with Crippen LogP contribution in [0.25, 0.3) is 0 Å². The lowest BCUT2D eigenvalue weighted by Gasteiger charge is -2.20. The Balaban J connectivity index is 2.64. The lowest BCUT2D eigenvalue weighted by molar-refractivity contribution is -0.123. The third-order valence-electron chi connectivity index (χ3n) is 2.79. The number of carbonyl (C=O) groups excluding carboxylic acids is 1. The molecule has 1 aromatic rings. The molecule has 1 unspecified atom stereocenters. The van der Waals surface area contributed by atoms with E-state index in [1.165, 1.54) is 0 Å². The fourth-order valence-corrected chi connectivity index (χ4v) is 1.85. The number of hydrogen-bond acceptors (Lipinski definition) is 2. The maximum atomic E-state index is 11.9. The van der Waals surface area contributed by atoms with Gasteiger partial charge >= 0.3 is 0 Å². The van der Waals surface area contributed by atoms with Gasteiger partial charge in [-0.25, -0.2) is 0 Å². The molecule has 108 valence electrons. The van der Waals surface area contributed by atoms with E-state index in [0.717, 1.165) is 11.1 Å². The molecule has 0 aliphatic carbocycles. The van der Waals surface area contributed by atoms with Gasteiger partial charge in [0.15, 0.2) is 0 Å². The average molecular weight is 273 g/mol. The highest BCUT2D eigenvalue weighted by Gasteiger charge is 2.17. The average Bonchev–Trinajstić information content (AvgIpc) is 2.34. The first kappa shape index (κ1) is 16.3. The SMILES string of the molecule is CC(NC(=O)CC(C)(C)C)c1ccc(C#CCO)cc1.